The van der Waals surface area contributed by atoms with Gasteiger partial charge in [-0.2, -0.15) is 0 Å². The zero-order valence-electron chi connectivity index (χ0n) is 14.0. The third-order valence-electron chi connectivity index (χ3n) is 4.32. The Kier molecular flexibility index (Phi) is 5.48. The second kappa shape index (κ2) is 7.77. The number of aryl methyl sites for hydroxylation is 1. The molecule has 0 spiro atoms. The van der Waals surface area contributed by atoms with Crippen LogP contribution in [0.4, 0.5) is 5.13 Å². The van der Waals surface area contributed by atoms with E-state index in [1.54, 1.807) is 11.3 Å². The molecule has 1 atom stereocenters. The van der Waals surface area contributed by atoms with Crippen molar-refractivity contribution in [1.82, 2.24) is 10.3 Å². The number of aromatic nitrogens is 1. The standard InChI is InChI=1S/C18H24N4OS/c1-13-4-6-14(7-5-13)16(19)17(23)20-9-8-15-12-24-18(21-15)22-10-2-3-11-22/h4-7,12,16H,2-3,8-11,19H2,1H3,(H,20,23). The number of rotatable bonds is 6. The number of nitrogens with two attached hydrogens (primary N) is 1. The molecule has 3 rings (SSSR count). The first-order chi connectivity index (χ1) is 11.6. The minimum absolute atomic E-state index is 0.145. The number of nitrogens with zero attached hydrogens (tertiary/aromatic N) is 2. The van der Waals surface area contributed by atoms with Crippen LogP contribution >= 0.6 is 11.3 Å². The molecule has 1 unspecified atom stereocenters. The molecule has 0 bridgehead atoms. The molecule has 1 saturated heterocycles. The smallest absolute Gasteiger partial charge is 0.241 e. The van der Waals surface area contributed by atoms with E-state index in [0.717, 1.165) is 41.5 Å². The Balaban J connectivity index is 1.47. The van der Waals surface area contributed by atoms with Gasteiger partial charge < -0.3 is 16.0 Å². The number of thiazole rings is 1. The molecule has 1 aliphatic rings. The van der Waals surface area contributed by atoms with Crippen LogP contribution in [-0.2, 0) is 11.2 Å². The molecule has 1 aliphatic heterocycles. The van der Waals surface area contributed by atoms with Crippen LogP contribution in [0.1, 0.15) is 35.7 Å². The van der Waals surface area contributed by atoms with Gasteiger partial charge in [-0.25, -0.2) is 4.98 Å². The SMILES string of the molecule is Cc1ccc(C(N)C(=O)NCCc2csc(N3CCCC3)n2)cc1. The van der Waals surface area contributed by atoms with E-state index in [0.29, 0.717) is 6.54 Å². The second-order valence-corrected chi connectivity index (χ2v) is 7.08. The van der Waals surface area contributed by atoms with Gasteiger partial charge >= 0.3 is 0 Å². The van der Waals surface area contributed by atoms with Crippen LogP contribution in [0.2, 0.25) is 0 Å². The van der Waals surface area contributed by atoms with Crippen molar-refractivity contribution in [1.29, 1.82) is 0 Å². The van der Waals surface area contributed by atoms with Crippen molar-refractivity contribution >= 4 is 22.4 Å². The van der Waals surface area contributed by atoms with E-state index >= 15 is 0 Å². The Hall–Kier alpha value is -1.92. The molecule has 24 heavy (non-hydrogen) atoms. The third kappa shape index (κ3) is 4.13. The maximum Gasteiger partial charge on any atom is 0.241 e. The molecule has 1 fully saturated rings. The minimum atomic E-state index is -0.624. The minimum Gasteiger partial charge on any atom is -0.354 e. The molecule has 2 heterocycles. The van der Waals surface area contributed by atoms with Crippen molar-refractivity contribution in [2.45, 2.75) is 32.2 Å². The van der Waals surface area contributed by atoms with Gasteiger partial charge in [-0.05, 0) is 25.3 Å². The lowest BCUT2D eigenvalue weighted by atomic mass is 10.1. The van der Waals surface area contributed by atoms with Gasteiger partial charge in [-0.1, -0.05) is 29.8 Å². The van der Waals surface area contributed by atoms with Crippen LogP contribution in [0.25, 0.3) is 0 Å². The molecule has 2 aromatic rings. The molecule has 128 valence electrons. The summed E-state index contributed by atoms with van der Waals surface area (Å²) in [4.78, 5) is 19.2. The zero-order chi connectivity index (χ0) is 16.9. The topological polar surface area (TPSA) is 71.2 Å². The molecular formula is C18H24N4OS. The highest BCUT2D eigenvalue weighted by molar-refractivity contribution is 7.13. The van der Waals surface area contributed by atoms with Crippen LogP contribution < -0.4 is 16.0 Å². The number of hydrogen-bond acceptors (Lipinski definition) is 5. The van der Waals surface area contributed by atoms with Crippen LogP contribution in [0.15, 0.2) is 29.6 Å². The first-order valence-electron chi connectivity index (χ1n) is 8.43. The zero-order valence-corrected chi connectivity index (χ0v) is 14.8. The lowest BCUT2D eigenvalue weighted by molar-refractivity contribution is -0.122. The Morgan fingerprint density at radius 3 is 2.75 bits per heavy atom. The van der Waals surface area contributed by atoms with Gasteiger partial charge in [-0.3, -0.25) is 4.79 Å². The molecule has 0 radical (unpaired) electrons. The molecule has 0 saturated carbocycles. The van der Waals surface area contributed by atoms with Crippen molar-refractivity contribution in [2.75, 3.05) is 24.5 Å². The van der Waals surface area contributed by atoms with Crippen molar-refractivity contribution in [3.05, 3.63) is 46.5 Å². The second-order valence-electron chi connectivity index (χ2n) is 6.24. The van der Waals surface area contributed by atoms with Gasteiger partial charge in [0.15, 0.2) is 5.13 Å². The van der Waals surface area contributed by atoms with Gasteiger partial charge in [0.1, 0.15) is 6.04 Å². The fourth-order valence-corrected chi connectivity index (χ4v) is 3.73. The molecular weight excluding hydrogens is 320 g/mol. The Bertz CT molecular complexity index is 677. The van der Waals surface area contributed by atoms with Crippen molar-refractivity contribution in [2.24, 2.45) is 5.73 Å². The monoisotopic (exact) mass is 344 g/mol. The Morgan fingerprint density at radius 2 is 2.04 bits per heavy atom. The van der Waals surface area contributed by atoms with Crippen molar-refractivity contribution < 1.29 is 4.79 Å². The number of carbonyl (C=O) groups is 1. The van der Waals surface area contributed by atoms with E-state index in [2.05, 4.69) is 20.6 Å². The normalized spacial score (nSPS) is 15.5. The highest BCUT2D eigenvalue weighted by atomic mass is 32.1. The summed E-state index contributed by atoms with van der Waals surface area (Å²) in [6.45, 7) is 4.78. The first-order valence-corrected chi connectivity index (χ1v) is 9.30. The van der Waals surface area contributed by atoms with Gasteiger partial charge in [0.05, 0.1) is 5.69 Å². The van der Waals surface area contributed by atoms with Crippen molar-refractivity contribution in [3.63, 3.8) is 0 Å². The van der Waals surface area contributed by atoms with Crippen LogP contribution in [-0.4, -0.2) is 30.5 Å². The fraction of sp³-hybridized carbons (Fsp3) is 0.444. The summed E-state index contributed by atoms with van der Waals surface area (Å²) in [6.07, 6.45) is 3.24. The Morgan fingerprint density at radius 1 is 1.33 bits per heavy atom. The van der Waals surface area contributed by atoms with E-state index in [1.165, 1.54) is 12.8 Å². The lowest BCUT2D eigenvalue weighted by Crippen LogP contribution is -2.35. The van der Waals surface area contributed by atoms with E-state index < -0.39 is 6.04 Å². The summed E-state index contributed by atoms with van der Waals surface area (Å²) < 4.78 is 0. The largest absolute Gasteiger partial charge is 0.354 e. The predicted molar refractivity (Wildman–Crippen MR) is 98.4 cm³/mol. The maximum atomic E-state index is 12.2. The summed E-state index contributed by atoms with van der Waals surface area (Å²) in [5, 5.41) is 6.09. The van der Waals surface area contributed by atoms with E-state index in [9.17, 15) is 4.79 Å². The van der Waals surface area contributed by atoms with E-state index in [-0.39, 0.29) is 5.91 Å². The maximum absolute atomic E-state index is 12.2. The molecule has 1 aromatic carbocycles. The van der Waals surface area contributed by atoms with E-state index in [4.69, 9.17) is 5.73 Å². The number of amides is 1. The van der Waals surface area contributed by atoms with E-state index in [1.807, 2.05) is 31.2 Å². The number of nitrogens with one attached hydrogen (secondary N) is 1. The summed E-state index contributed by atoms with van der Waals surface area (Å²) in [5.41, 5.74) is 9.05. The number of anilines is 1. The number of hydrogen-bond donors (Lipinski definition) is 2. The quantitative estimate of drug-likeness (QED) is 0.844. The van der Waals surface area contributed by atoms with Crippen LogP contribution in [0.5, 0.6) is 0 Å². The summed E-state index contributed by atoms with van der Waals surface area (Å²) >= 11 is 1.69. The molecule has 1 amide bonds. The summed E-state index contributed by atoms with van der Waals surface area (Å²) in [6, 6.07) is 7.13. The summed E-state index contributed by atoms with van der Waals surface area (Å²) in [5.74, 6) is -0.145. The molecule has 3 N–H and O–H groups in total. The van der Waals surface area contributed by atoms with Gasteiger partial charge in [0.2, 0.25) is 5.91 Å². The van der Waals surface area contributed by atoms with Gasteiger partial charge in [0, 0.05) is 31.4 Å². The average molecular weight is 344 g/mol. The predicted octanol–water partition coefficient (Wildman–Crippen LogP) is 2.41. The lowest BCUT2D eigenvalue weighted by Gasteiger charge is -2.13. The highest BCUT2D eigenvalue weighted by Crippen LogP contribution is 2.24. The molecule has 6 heteroatoms. The highest BCUT2D eigenvalue weighted by Gasteiger charge is 2.17. The summed E-state index contributed by atoms with van der Waals surface area (Å²) in [7, 11) is 0. The van der Waals surface area contributed by atoms with Gasteiger partial charge in [0.25, 0.3) is 0 Å². The third-order valence-corrected chi connectivity index (χ3v) is 5.27. The molecule has 0 aliphatic carbocycles. The first kappa shape index (κ1) is 16.9. The number of benzene rings is 1. The fourth-order valence-electron chi connectivity index (χ4n) is 2.81. The average Bonchev–Trinajstić information content (AvgIpc) is 3.26. The molecule has 5 nitrogen and oxygen atoms in total. The van der Waals surface area contributed by atoms with Crippen molar-refractivity contribution in [3.8, 4) is 0 Å². The number of carbonyl (C=O) groups excluding carboxylic acids is 1. The molecule has 1 aromatic heterocycles. The van der Waals surface area contributed by atoms with Gasteiger partial charge in [-0.15, -0.1) is 11.3 Å². The van der Waals surface area contributed by atoms with Crippen LogP contribution in [0, 0.1) is 6.92 Å². The van der Waals surface area contributed by atoms with Crippen LogP contribution in [0.3, 0.4) is 0 Å². The Labute approximate surface area is 146 Å².